The molecule has 0 radical (unpaired) electrons. The van der Waals surface area contributed by atoms with Crippen LogP contribution in [0.3, 0.4) is 0 Å². The van der Waals surface area contributed by atoms with Crippen molar-refractivity contribution in [3.8, 4) is 11.4 Å². The van der Waals surface area contributed by atoms with Crippen LogP contribution in [0.4, 0.5) is 14.9 Å². The average Bonchev–Trinajstić information content (AvgIpc) is 3.20. The lowest BCUT2D eigenvalue weighted by atomic mass is 10.1. The molecule has 8 nitrogen and oxygen atoms in total. The molecule has 2 aromatic carbocycles. The van der Waals surface area contributed by atoms with E-state index < -0.39 is 5.82 Å². The van der Waals surface area contributed by atoms with Crippen LogP contribution in [0.25, 0.3) is 11.4 Å². The predicted octanol–water partition coefficient (Wildman–Crippen LogP) is 3.17. The number of nitrogens with zero attached hydrogens (tertiary/aromatic N) is 4. The second-order valence-corrected chi connectivity index (χ2v) is 6.94. The van der Waals surface area contributed by atoms with E-state index in [0.717, 1.165) is 5.56 Å². The van der Waals surface area contributed by atoms with Gasteiger partial charge in [-0.25, -0.2) is 9.18 Å². The number of hydrogen-bond acceptors (Lipinski definition) is 5. The lowest BCUT2D eigenvalue weighted by Crippen LogP contribution is -2.51. The SMILES string of the molecule is Cc1nc(-c2cccc(NC(=O)N3CCN(C(=O)c4cccc(F)c4)CC3)c2)no1. The normalized spacial score (nSPS) is 13.9. The third kappa shape index (κ3) is 4.29. The summed E-state index contributed by atoms with van der Waals surface area (Å²) in [7, 11) is 0. The van der Waals surface area contributed by atoms with Gasteiger partial charge in [0.25, 0.3) is 5.91 Å². The zero-order valence-electron chi connectivity index (χ0n) is 16.3. The molecule has 1 N–H and O–H groups in total. The highest BCUT2D eigenvalue weighted by molar-refractivity contribution is 5.94. The van der Waals surface area contributed by atoms with Gasteiger partial charge in [0, 0.05) is 49.9 Å². The molecule has 1 fully saturated rings. The van der Waals surface area contributed by atoms with Crippen LogP contribution in [0.2, 0.25) is 0 Å². The molecule has 9 heteroatoms. The Morgan fingerprint density at radius 3 is 2.47 bits per heavy atom. The zero-order chi connectivity index (χ0) is 21.1. The highest BCUT2D eigenvalue weighted by atomic mass is 19.1. The molecule has 30 heavy (non-hydrogen) atoms. The number of benzene rings is 2. The summed E-state index contributed by atoms with van der Waals surface area (Å²) in [5.41, 5.74) is 1.65. The molecule has 0 spiro atoms. The maximum Gasteiger partial charge on any atom is 0.321 e. The zero-order valence-corrected chi connectivity index (χ0v) is 16.3. The first-order valence-corrected chi connectivity index (χ1v) is 9.51. The fraction of sp³-hybridized carbons (Fsp3) is 0.238. The summed E-state index contributed by atoms with van der Waals surface area (Å²) < 4.78 is 18.4. The van der Waals surface area contributed by atoms with Crippen molar-refractivity contribution in [3.63, 3.8) is 0 Å². The summed E-state index contributed by atoms with van der Waals surface area (Å²) in [5, 5.41) is 6.74. The molecule has 2 heterocycles. The number of aromatic nitrogens is 2. The molecule has 0 bridgehead atoms. The summed E-state index contributed by atoms with van der Waals surface area (Å²) in [5.74, 6) is 0.230. The minimum absolute atomic E-state index is 0.238. The molecule has 3 amide bonds. The van der Waals surface area contributed by atoms with E-state index in [2.05, 4.69) is 15.5 Å². The third-order valence-corrected chi connectivity index (χ3v) is 4.83. The second-order valence-electron chi connectivity index (χ2n) is 6.94. The number of piperazine rings is 1. The quantitative estimate of drug-likeness (QED) is 0.717. The van der Waals surface area contributed by atoms with Crippen molar-refractivity contribution in [2.75, 3.05) is 31.5 Å². The van der Waals surface area contributed by atoms with Gasteiger partial charge in [0.15, 0.2) is 0 Å². The number of rotatable bonds is 3. The first-order valence-electron chi connectivity index (χ1n) is 9.51. The highest BCUT2D eigenvalue weighted by Gasteiger charge is 2.25. The third-order valence-electron chi connectivity index (χ3n) is 4.83. The van der Waals surface area contributed by atoms with Crippen LogP contribution in [0.5, 0.6) is 0 Å². The number of urea groups is 1. The van der Waals surface area contributed by atoms with Gasteiger partial charge in [0.2, 0.25) is 11.7 Å². The van der Waals surface area contributed by atoms with Crippen LogP contribution in [0, 0.1) is 12.7 Å². The minimum Gasteiger partial charge on any atom is -0.339 e. The fourth-order valence-electron chi connectivity index (χ4n) is 3.27. The number of carbonyl (C=O) groups is 2. The maximum absolute atomic E-state index is 13.4. The number of halogens is 1. The van der Waals surface area contributed by atoms with Crippen molar-refractivity contribution in [2.24, 2.45) is 0 Å². The van der Waals surface area contributed by atoms with Gasteiger partial charge >= 0.3 is 6.03 Å². The van der Waals surface area contributed by atoms with Crippen LogP contribution in [0.15, 0.2) is 53.1 Å². The Bertz CT molecular complexity index is 1080. The largest absolute Gasteiger partial charge is 0.339 e. The van der Waals surface area contributed by atoms with Crippen LogP contribution in [-0.4, -0.2) is 58.1 Å². The monoisotopic (exact) mass is 409 g/mol. The van der Waals surface area contributed by atoms with Crippen molar-refractivity contribution in [2.45, 2.75) is 6.92 Å². The van der Waals surface area contributed by atoms with Crippen LogP contribution in [-0.2, 0) is 0 Å². The smallest absolute Gasteiger partial charge is 0.321 e. The van der Waals surface area contributed by atoms with E-state index in [4.69, 9.17) is 4.52 Å². The summed E-state index contributed by atoms with van der Waals surface area (Å²) in [6, 6.07) is 12.5. The van der Waals surface area contributed by atoms with Gasteiger partial charge in [-0.05, 0) is 30.3 Å². The molecule has 0 aliphatic carbocycles. The Kier molecular flexibility index (Phi) is 5.42. The van der Waals surface area contributed by atoms with Crippen molar-refractivity contribution in [1.82, 2.24) is 19.9 Å². The van der Waals surface area contributed by atoms with E-state index in [1.807, 2.05) is 6.07 Å². The first-order chi connectivity index (χ1) is 14.5. The summed E-state index contributed by atoms with van der Waals surface area (Å²) in [4.78, 5) is 32.6. The van der Waals surface area contributed by atoms with E-state index in [-0.39, 0.29) is 11.9 Å². The Balaban J connectivity index is 1.35. The summed E-state index contributed by atoms with van der Waals surface area (Å²) in [6.07, 6.45) is 0. The lowest BCUT2D eigenvalue weighted by Gasteiger charge is -2.34. The van der Waals surface area contributed by atoms with Gasteiger partial charge in [0.05, 0.1) is 0 Å². The molecule has 1 aliphatic rings. The maximum atomic E-state index is 13.4. The lowest BCUT2D eigenvalue weighted by molar-refractivity contribution is 0.0671. The van der Waals surface area contributed by atoms with E-state index >= 15 is 0 Å². The van der Waals surface area contributed by atoms with Crippen molar-refractivity contribution < 1.29 is 18.5 Å². The molecule has 0 atom stereocenters. The van der Waals surface area contributed by atoms with Crippen molar-refractivity contribution in [3.05, 3.63) is 65.8 Å². The Morgan fingerprint density at radius 2 is 1.77 bits per heavy atom. The van der Waals surface area contributed by atoms with Crippen LogP contribution in [0.1, 0.15) is 16.2 Å². The average molecular weight is 409 g/mol. The van der Waals surface area contributed by atoms with Crippen LogP contribution < -0.4 is 5.32 Å². The molecule has 4 rings (SSSR count). The van der Waals surface area contributed by atoms with Gasteiger partial charge in [-0.15, -0.1) is 0 Å². The number of amides is 3. The Morgan fingerprint density at radius 1 is 1.03 bits per heavy atom. The molecule has 0 saturated carbocycles. The van der Waals surface area contributed by atoms with E-state index in [1.165, 1.54) is 18.2 Å². The van der Waals surface area contributed by atoms with Gasteiger partial charge in [0.1, 0.15) is 5.82 Å². The molecular weight excluding hydrogens is 389 g/mol. The van der Waals surface area contributed by atoms with E-state index in [9.17, 15) is 14.0 Å². The minimum atomic E-state index is -0.447. The van der Waals surface area contributed by atoms with E-state index in [1.54, 1.807) is 41.0 Å². The van der Waals surface area contributed by atoms with Gasteiger partial charge in [-0.2, -0.15) is 4.98 Å². The standard InChI is InChI=1S/C21H20FN5O3/c1-14-23-19(25-30-14)15-4-3-7-18(13-15)24-21(29)27-10-8-26(9-11-27)20(28)16-5-2-6-17(22)12-16/h2-7,12-13H,8-11H2,1H3,(H,24,29). The molecular formula is C21H20FN5O3. The number of nitrogens with one attached hydrogen (secondary N) is 1. The van der Waals surface area contributed by atoms with Crippen molar-refractivity contribution in [1.29, 1.82) is 0 Å². The number of carbonyl (C=O) groups excluding carboxylic acids is 2. The predicted molar refractivity (Wildman–Crippen MR) is 107 cm³/mol. The molecule has 0 unspecified atom stereocenters. The topological polar surface area (TPSA) is 91.6 Å². The van der Waals surface area contributed by atoms with Crippen LogP contribution >= 0.6 is 0 Å². The molecule has 1 aromatic heterocycles. The summed E-state index contributed by atoms with van der Waals surface area (Å²) >= 11 is 0. The molecule has 3 aromatic rings. The van der Waals surface area contributed by atoms with E-state index in [0.29, 0.717) is 49.1 Å². The fourth-order valence-corrected chi connectivity index (χ4v) is 3.27. The Labute approximate surface area is 172 Å². The second kappa shape index (κ2) is 8.32. The number of hydrogen-bond donors (Lipinski definition) is 1. The van der Waals surface area contributed by atoms with Gasteiger partial charge in [-0.1, -0.05) is 23.4 Å². The summed E-state index contributed by atoms with van der Waals surface area (Å²) in [6.45, 7) is 3.24. The molecule has 154 valence electrons. The first kappa shape index (κ1) is 19.6. The number of anilines is 1. The van der Waals surface area contributed by atoms with Gasteiger partial charge in [-0.3, -0.25) is 4.79 Å². The molecule has 1 aliphatic heterocycles. The highest BCUT2D eigenvalue weighted by Crippen LogP contribution is 2.20. The molecule has 1 saturated heterocycles. The van der Waals surface area contributed by atoms with Gasteiger partial charge < -0.3 is 19.6 Å². The number of aryl methyl sites for hydroxylation is 1. The van der Waals surface area contributed by atoms with Crippen molar-refractivity contribution >= 4 is 17.6 Å². The Hall–Kier alpha value is -3.75.